The maximum atomic E-state index is 10.9. The highest BCUT2D eigenvalue weighted by molar-refractivity contribution is 6.10. The number of rotatable bonds is 1. The highest BCUT2D eigenvalue weighted by Crippen LogP contribution is 2.26. The van der Waals surface area contributed by atoms with Gasteiger partial charge >= 0.3 is 5.97 Å². The third kappa shape index (κ3) is 1.08. The van der Waals surface area contributed by atoms with Crippen LogP contribution in [0.5, 0.6) is 0 Å². The molecule has 5 heteroatoms. The van der Waals surface area contributed by atoms with Gasteiger partial charge in [0, 0.05) is 23.2 Å². The summed E-state index contributed by atoms with van der Waals surface area (Å²) in [6.45, 7) is 0. The summed E-state index contributed by atoms with van der Waals surface area (Å²) in [6, 6.07) is 5.26. The van der Waals surface area contributed by atoms with Crippen LogP contribution in [0.2, 0.25) is 0 Å². The minimum atomic E-state index is -1.11. The number of carboxylic acid groups (broad SMARTS) is 1. The van der Waals surface area contributed by atoms with Crippen molar-refractivity contribution >= 4 is 27.6 Å². The van der Waals surface area contributed by atoms with Crippen molar-refractivity contribution in [2.24, 2.45) is 0 Å². The predicted octanol–water partition coefficient (Wildman–Crippen LogP) is 2.07. The van der Waals surface area contributed by atoms with Crippen LogP contribution in [0.15, 0.2) is 35.1 Å². The Kier molecular flexibility index (Phi) is 1.67. The molecule has 2 heterocycles. The number of aromatic nitrogens is 2. The van der Waals surface area contributed by atoms with Gasteiger partial charge in [-0.3, -0.25) is 4.98 Å². The average molecular weight is 214 g/mol. The van der Waals surface area contributed by atoms with Crippen molar-refractivity contribution in [2.75, 3.05) is 0 Å². The van der Waals surface area contributed by atoms with Gasteiger partial charge in [-0.05, 0) is 12.1 Å². The number of carboxylic acids is 1. The van der Waals surface area contributed by atoms with Gasteiger partial charge in [0.15, 0.2) is 0 Å². The molecule has 0 unspecified atom stereocenters. The summed E-state index contributed by atoms with van der Waals surface area (Å²) in [6.07, 6.45) is 3.33. The van der Waals surface area contributed by atoms with E-state index in [1.807, 2.05) is 0 Å². The summed E-state index contributed by atoms with van der Waals surface area (Å²) in [5, 5.41) is 14.9. The zero-order chi connectivity index (χ0) is 11.1. The topological polar surface area (TPSA) is 76.2 Å². The Hall–Kier alpha value is -2.43. The van der Waals surface area contributed by atoms with E-state index in [9.17, 15) is 4.79 Å². The third-order valence-corrected chi connectivity index (χ3v) is 2.46. The summed E-state index contributed by atoms with van der Waals surface area (Å²) in [4.78, 5) is 14.9. The number of carbonyl (C=O) groups is 1. The Morgan fingerprint density at radius 3 is 2.94 bits per heavy atom. The molecule has 5 nitrogen and oxygen atoms in total. The van der Waals surface area contributed by atoms with Crippen LogP contribution >= 0.6 is 0 Å². The largest absolute Gasteiger partial charge is 0.475 e. The van der Waals surface area contributed by atoms with E-state index in [1.165, 1.54) is 0 Å². The van der Waals surface area contributed by atoms with Crippen LogP contribution in [0.4, 0.5) is 0 Å². The van der Waals surface area contributed by atoms with Crippen molar-refractivity contribution in [2.45, 2.75) is 0 Å². The van der Waals surface area contributed by atoms with Crippen LogP contribution in [0, 0.1) is 0 Å². The molecule has 0 fully saturated rings. The number of fused-ring (bicyclic) bond motifs is 3. The van der Waals surface area contributed by atoms with Crippen molar-refractivity contribution in [1.82, 2.24) is 10.1 Å². The van der Waals surface area contributed by atoms with Gasteiger partial charge in [-0.1, -0.05) is 11.2 Å². The second kappa shape index (κ2) is 3.03. The smallest absolute Gasteiger partial charge is 0.375 e. The van der Waals surface area contributed by atoms with Crippen molar-refractivity contribution in [3.8, 4) is 0 Å². The van der Waals surface area contributed by atoms with Crippen LogP contribution in [0.25, 0.3) is 21.7 Å². The molecule has 3 rings (SSSR count). The maximum absolute atomic E-state index is 10.9. The van der Waals surface area contributed by atoms with E-state index >= 15 is 0 Å². The second-order valence-corrected chi connectivity index (χ2v) is 3.38. The first-order valence-corrected chi connectivity index (χ1v) is 4.63. The molecule has 0 saturated heterocycles. The normalized spacial score (nSPS) is 11.0. The van der Waals surface area contributed by atoms with E-state index in [0.717, 1.165) is 10.8 Å². The Morgan fingerprint density at radius 1 is 1.25 bits per heavy atom. The van der Waals surface area contributed by atoms with E-state index in [1.54, 1.807) is 30.6 Å². The maximum Gasteiger partial charge on any atom is 0.375 e. The molecule has 0 aliphatic heterocycles. The zero-order valence-corrected chi connectivity index (χ0v) is 8.04. The Balaban J connectivity index is 2.49. The van der Waals surface area contributed by atoms with Gasteiger partial charge in [-0.15, -0.1) is 0 Å². The summed E-state index contributed by atoms with van der Waals surface area (Å²) in [7, 11) is 0. The highest BCUT2D eigenvalue weighted by Gasteiger charge is 2.16. The molecule has 3 aromatic rings. The first kappa shape index (κ1) is 8.84. The van der Waals surface area contributed by atoms with Gasteiger partial charge in [-0.2, -0.15) is 0 Å². The molecule has 1 N–H and O–H groups in total. The van der Waals surface area contributed by atoms with Gasteiger partial charge in [0.2, 0.25) is 0 Å². The molecule has 0 bridgehead atoms. The number of pyridine rings is 1. The lowest BCUT2D eigenvalue weighted by Crippen LogP contribution is -1.93. The molecule has 1 aromatic carbocycles. The van der Waals surface area contributed by atoms with Gasteiger partial charge in [0.05, 0.1) is 5.39 Å². The molecule has 2 aromatic heterocycles. The first-order valence-electron chi connectivity index (χ1n) is 4.63. The monoisotopic (exact) mass is 214 g/mol. The summed E-state index contributed by atoms with van der Waals surface area (Å²) in [5.41, 5.74) is 0.553. The minimum absolute atomic E-state index is 0.131. The quantitative estimate of drug-likeness (QED) is 0.671. The van der Waals surface area contributed by atoms with E-state index in [0.29, 0.717) is 10.9 Å². The molecule has 78 valence electrons. The zero-order valence-electron chi connectivity index (χ0n) is 8.04. The average Bonchev–Trinajstić information content (AvgIpc) is 2.73. The number of hydrogen-bond donors (Lipinski definition) is 1. The third-order valence-electron chi connectivity index (χ3n) is 2.46. The summed E-state index contributed by atoms with van der Waals surface area (Å²) >= 11 is 0. The Morgan fingerprint density at radius 2 is 2.12 bits per heavy atom. The van der Waals surface area contributed by atoms with Crippen molar-refractivity contribution in [3.63, 3.8) is 0 Å². The standard InChI is InChI=1S/C11H6N2O3/c14-11(15)10-8-2-1-6-5-12-4-3-7(6)9(8)13-16-10/h1-5H,(H,14,15). The van der Waals surface area contributed by atoms with E-state index in [2.05, 4.69) is 10.1 Å². The molecule has 0 aliphatic rings. The van der Waals surface area contributed by atoms with Crippen LogP contribution in [0.3, 0.4) is 0 Å². The van der Waals surface area contributed by atoms with Crippen LogP contribution in [-0.2, 0) is 0 Å². The van der Waals surface area contributed by atoms with Crippen LogP contribution in [0.1, 0.15) is 10.6 Å². The molecule has 0 radical (unpaired) electrons. The van der Waals surface area contributed by atoms with Gasteiger partial charge in [-0.25, -0.2) is 4.79 Å². The highest BCUT2D eigenvalue weighted by atomic mass is 16.5. The van der Waals surface area contributed by atoms with Gasteiger partial charge in [0.1, 0.15) is 5.52 Å². The van der Waals surface area contributed by atoms with E-state index in [-0.39, 0.29) is 5.76 Å². The van der Waals surface area contributed by atoms with Crippen molar-refractivity contribution in [3.05, 3.63) is 36.4 Å². The molecule has 0 atom stereocenters. The van der Waals surface area contributed by atoms with Gasteiger partial charge < -0.3 is 9.63 Å². The van der Waals surface area contributed by atoms with E-state index in [4.69, 9.17) is 9.63 Å². The number of nitrogens with zero attached hydrogens (tertiary/aromatic N) is 2. The van der Waals surface area contributed by atoms with Crippen LogP contribution in [-0.4, -0.2) is 21.2 Å². The van der Waals surface area contributed by atoms with Crippen LogP contribution < -0.4 is 0 Å². The Labute approximate surface area is 89.3 Å². The lowest BCUT2D eigenvalue weighted by Gasteiger charge is -1.95. The fourth-order valence-corrected chi connectivity index (χ4v) is 1.73. The second-order valence-electron chi connectivity index (χ2n) is 3.38. The van der Waals surface area contributed by atoms with E-state index < -0.39 is 5.97 Å². The molecule has 0 saturated carbocycles. The number of aromatic carboxylic acids is 1. The minimum Gasteiger partial charge on any atom is -0.475 e. The van der Waals surface area contributed by atoms with Crippen molar-refractivity contribution < 1.29 is 14.4 Å². The molecule has 0 spiro atoms. The molecular formula is C11H6N2O3. The molecular weight excluding hydrogens is 208 g/mol. The SMILES string of the molecule is O=C(O)c1onc2c1ccc1cnccc12. The summed E-state index contributed by atoms with van der Waals surface area (Å²) < 4.78 is 4.81. The number of hydrogen-bond acceptors (Lipinski definition) is 4. The molecule has 16 heavy (non-hydrogen) atoms. The lowest BCUT2D eigenvalue weighted by molar-refractivity contribution is 0.0655. The fourth-order valence-electron chi connectivity index (χ4n) is 1.73. The molecule has 0 aliphatic carbocycles. The first-order chi connectivity index (χ1) is 7.77. The summed E-state index contributed by atoms with van der Waals surface area (Å²) in [5.74, 6) is -1.25. The lowest BCUT2D eigenvalue weighted by atomic mass is 10.1. The van der Waals surface area contributed by atoms with Gasteiger partial charge in [0.25, 0.3) is 5.76 Å². The number of benzene rings is 1. The Bertz CT molecular complexity index is 703. The van der Waals surface area contributed by atoms with Crippen molar-refractivity contribution in [1.29, 1.82) is 0 Å². The fraction of sp³-hybridized carbons (Fsp3) is 0. The molecule has 0 amide bonds. The predicted molar refractivity (Wildman–Crippen MR) is 56.3 cm³/mol.